The lowest BCUT2D eigenvalue weighted by atomic mass is 9.93. The number of benzene rings is 1. The van der Waals surface area contributed by atoms with Crippen molar-refractivity contribution in [1.82, 2.24) is 14.9 Å². The number of nitrogens with zero attached hydrogens (tertiary/aromatic N) is 1. The molecular weight excluding hydrogens is 326 g/mol. The molecule has 1 saturated heterocycles. The monoisotopic (exact) mass is 351 g/mol. The Morgan fingerprint density at radius 1 is 1.33 bits per heavy atom. The lowest BCUT2D eigenvalue weighted by Crippen LogP contribution is -2.52. The molecule has 0 radical (unpaired) electrons. The van der Waals surface area contributed by atoms with Crippen LogP contribution in [0.3, 0.4) is 0 Å². The summed E-state index contributed by atoms with van der Waals surface area (Å²) in [6.45, 7) is 2.51. The summed E-state index contributed by atoms with van der Waals surface area (Å²) >= 11 is 0. The molecule has 0 spiro atoms. The first-order valence-electron chi connectivity index (χ1n) is 8.46. The van der Waals surface area contributed by atoms with Crippen molar-refractivity contribution in [2.75, 3.05) is 25.9 Å². The predicted octanol–water partition coefficient (Wildman–Crippen LogP) is 0.489. The van der Waals surface area contributed by atoms with Gasteiger partial charge in [0, 0.05) is 26.2 Å². The van der Waals surface area contributed by atoms with Crippen LogP contribution in [0.5, 0.6) is 0 Å². The quantitative estimate of drug-likeness (QED) is 0.827. The number of amides is 1. The Bertz CT molecular complexity index is 705. The molecule has 2 unspecified atom stereocenters. The van der Waals surface area contributed by atoms with Gasteiger partial charge in [-0.2, -0.15) is 0 Å². The van der Waals surface area contributed by atoms with Gasteiger partial charge in [-0.1, -0.05) is 24.3 Å². The van der Waals surface area contributed by atoms with E-state index in [-0.39, 0.29) is 17.9 Å². The minimum absolute atomic E-state index is 0.133. The smallest absolute Gasteiger partial charge is 0.240 e. The summed E-state index contributed by atoms with van der Waals surface area (Å²) in [5, 5.41) is 3.34. The van der Waals surface area contributed by atoms with Crippen molar-refractivity contribution in [3.63, 3.8) is 0 Å². The Labute approximate surface area is 143 Å². The number of hydrogen-bond acceptors (Lipinski definition) is 4. The first-order chi connectivity index (χ1) is 11.4. The number of nitrogens with one attached hydrogen (secondary N) is 2. The molecule has 1 fully saturated rings. The van der Waals surface area contributed by atoms with Gasteiger partial charge >= 0.3 is 0 Å². The highest BCUT2D eigenvalue weighted by Gasteiger charge is 2.31. The van der Waals surface area contributed by atoms with Crippen LogP contribution in [-0.4, -0.2) is 51.2 Å². The van der Waals surface area contributed by atoms with Crippen LogP contribution in [-0.2, 0) is 27.8 Å². The van der Waals surface area contributed by atoms with Gasteiger partial charge in [-0.3, -0.25) is 4.79 Å². The van der Waals surface area contributed by atoms with E-state index in [2.05, 4.69) is 22.2 Å². The van der Waals surface area contributed by atoms with Crippen LogP contribution in [0, 0.1) is 5.92 Å². The molecule has 6 nitrogen and oxygen atoms in total. The summed E-state index contributed by atoms with van der Waals surface area (Å²) in [5.74, 6) is 0.321. The van der Waals surface area contributed by atoms with Crippen molar-refractivity contribution in [3.05, 3.63) is 35.4 Å². The number of fused-ring (bicyclic) bond motifs is 1. The molecule has 1 aromatic rings. The minimum atomic E-state index is -3.18. The minimum Gasteiger partial charge on any atom is -0.341 e. The average Bonchev–Trinajstić information content (AvgIpc) is 2.58. The Morgan fingerprint density at radius 2 is 2.08 bits per heavy atom. The van der Waals surface area contributed by atoms with Crippen LogP contribution in [0.1, 0.15) is 24.0 Å². The first-order valence-corrected chi connectivity index (χ1v) is 10.3. The Hall–Kier alpha value is -1.44. The number of rotatable bonds is 4. The second-order valence-electron chi connectivity index (χ2n) is 6.82. The summed E-state index contributed by atoms with van der Waals surface area (Å²) in [6, 6.07) is 8.04. The van der Waals surface area contributed by atoms with Crippen molar-refractivity contribution in [1.29, 1.82) is 0 Å². The van der Waals surface area contributed by atoms with Crippen LogP contribution < -0.4 is 10.0 Å². The molecule has 1 aromatic carbocycles. The fraction of sp³-hybridized carbons (Fsp3) is 0.588. The number of sulfonamides is 1. The van der Waals surface area contributed by atoms with E-state index in [4.69, 9.17) is 0 Å². The van der Waals surface area contributed by atoms with E-state index in [1.54, 1.807) is 0 Å². The number of carbonyl (C=O) groups excluding carboxylic acids is 1. The average molecular weight is 351 g/mol. The van der Waals surface area contributed by atoms with Gasteiger partial charge in [0.2, 0.25) is 15.9 Å². The van der Waals surface area contributed by atoms with E-state index >= 15 is 0 Å². The van der Waals surface area contributed by atoms with E-state index in [0.29, 0.717) is 13.1 Å². The third-order valence-electron chi connectivity index (χ3n) is 4.84. The zero-order valence-electron chi connectivity index (χ0n) is 14.0. The van der Waals surface area contributed by atoms with Crippen LogP contribution in [0.15, 0.2) is 24.3 Å². The van der Waals surface area contributed by atoms with Crippen LogP contribution >= 0.6 is 0 Å². The molecule has 1 amide bonds. The van der Waals surface area contributed by atoms with E-state index < -0.39 is 10.0 Å². The molecule has 3 rings (SSSR count). The van der Waals surface area contributed by atoms with Gasteiger partial charge in [0.05, 0.1) is 12.3 Å². The van der Waals surface area contributed by atoms with Crippen LogP contribution in [0.4, 0.5) is 0 Å². The van der Waals surface area contributed by atoms with Crippen LogP contribution in [0.25, 0.3) is 0 Å². The lowest BCUT2D eigenvalue weighted by Gasteiger charge is -2.36. The molecule has 2 aliphatic heterocycles. The maximum atomic E-state index is 12.8. The zero-order valence-corrected chi connectivity index (χ0v) is 14.8. The van der Waals surface area contributed by atoms with Crippen molar-refractivity contribution in [3.8, 4) is 0 Å². The second-order valence-corrected chi connectivity index (χ2v) is 8.65. The number of hydrogen-bond donors (Lipinski definition) is 2. The van der Waals surface area contributed by atoms with Crippen molar-refractivity contribution < 1.29 is 13.2 Å². The first kappa shape index (κ1) is 17.4. The van der Waals surface area contributed by atoms with Gasteiger partial charge in [-0.15, -0.1) is 0 Å². The van der Waals surface area contributed by atoms with E-state index in [0.717, 1.165) is 32.4 Å². The van der Waals surface area contributed by atoms with Gasteiger partial charge in [-0.25, -0.2) is 13.1 Å². The zero-order chi connectivity index (χ0) is 17.2. The molecule has 0 bridgehead atoms. The molecular formula is C17H25N3O3S. The normalized spacial score (nSPS) is 24.5. The highest BCUT2D eigenvalue weighted by molar-refractivity contribution is 7.88. The molecule has 7 heteroatoms. The number of carbonyl (C=O) groups is 1. The second kappa shape index (κ2) is 7.21. The summed E-state index contributed by atoms with van der Waals surface area (Å²) in [5.41, 5.74) is 2.50. The molecule has 0 saturated carbocycles. The maximum absolute atomic E-state index is 12.8. The van der Waals surface area contributed by atoms with Crippen LogP contribution in [0.2, 0.25) is 0 Å². The molecule has 0 aliphatic carbocycles. The molecule has 2 N–H and O–H groups in total. The molecule has 24 heavy (non-hydrogen) atoms. The summed E-state index contributed by atoms with van der Waals surface area (Å²) < 4.78 is 25.1. The Kier molecular flexibility index (Phi) is 5.22. The van der Waals surface area contributed by atoms with E-state index in [9.17, 15) is 13.2 Å². The van der Waals surface area contributed by atoms with Gasteiger partial charge in [0.15, 0.2) is 0 Å². The van der Waals surface area contributed by atoms with E-state index in [1.165, 1.54) is 17.4 Å². The lowest BCUT2D eigenvalue weighted by molar-refractivity contribution is -0.135. The summed E-state index contributed by atoms with van der Waals surface area (Å²) in [7, 11) is -3.18. The SMILES string of the molecule is CS(=O)(=O)NCC1CCCN(C(=O)C2Cc3ccccc3CN2)C1. The molecule has 2 atom stereocenters. The molecule has 132 valence electrons. The van der Waals surface area contributed by atoms with Crippen molar-refractivity contribution >= 4 is 15.9 Å². The Morgan fingerprint density at radius 3 is 2.83 bits per heavy atom. The predicted molar refractivity (Wildman–Crippen MR) is 92.9 cm³/mol. The third kappa shape index (κ3) is 4.34. The van der Waals surface area contributed by atoms with E-state index in [1.807, 2.05) is 17.0 Å². The van der Waals surface area contributed by atoms with Gasteiger partial charge in [-0.05, 0) is 36.3 Å². The highest BCUT2D eigenvalue weighted by atomic mass is 32.2. The fourth-order valence-corrected chi connectivity index (χ4v) is 4.09. The molecule has 2 aliphatic rings. The number of likely N-dealkylation sites (tertiary alicyclic amines) is 1. The maximum Gasteiger partial charge on any atom is 0.240 e. The standard InChI is InChI=1S/C17H25N3O3S/c1-24(22,23)19-10-13-5-4-8-20(12-13)17(21)16-9-14-6-2-3-7-15(14)11-18-16/h2-3,6-7,13,16,18-19H,4-5,8-12H2,1H3. The number of piperidine rings is 1. The van der Waals surface area contributed by atoms with Crippen molar-refractivity contribution in [2.45, 2.75) is 31.8 Å². The van der Waals surface area contributed by atoms with Gasteiger partial charge in [0.25, 0.3) is 0 Å². The van der Waals surface area contributed by atoms with Gasteiger partial charge in [0.1, 0.15) is 0 Å². The summed E-state index contributed by atoms with van der Waals surface area (Å²) in [4.78, 5) is 14.7. The molecule has 0 aromatic heterocycles. The highest BCUT2D eigenvalue weighted by Crippen LogP contribution is 2.21. The Balaban J connectivity index is 1.59. The fourth-order valence-electron chi connectivity index (χ4n) is 3.55. The summed E-state index contributed by atoms with van der Waals surface area (Å²) in [6.07, 6.45) is 3.76. The third-order valence-corrected chi connectivity index (χ3v) is 5.54. The largest absolute Gasteiger partial charge is 0.341 e. The van der Waals surface area contributed by atoms with Gasteiger partial charge < -0.3 is 10.2 Å². The topological polar surface area (TPSA) is 78.5 Å². The molecule has 2 heterocycles. The van der Waals surface area contributed by atoms with Crippen molar-refractivity contribution in [2.24, 2.45) is 5.92 Å².